The molecule has 0 aliphatic heterocycles. The standard InChI is InChI=1S/C9H7O.3CH3.Sn/c1-7-6-8-4-2-3-5-9(8)10-7;;;;/h2-6H,1H2;3*1H3;. The number of furan rings is 1. The van der Waals surface area contributed by atoms with E-state index in [1.165, 1.54) is 15.6 Å². The molecule has 0 N–H and O–H groups in total. The topological polar surface area (TPSA) is 13.1 Å². The van der Waals surface area contributed by atoms with Crippen molar-refractivity contribution < 1.29 is 4.42 Å². The fourth-order valence-corrected chi connectivity index (χ4v) is 5.13. The van der Waals surface area contributed by atoms with E-state index < -0.39 is 18.4 Å². The molecule has 0 atom stereocenters. The molecule has 2 heteroatoms. The van der Waals surface area contributed by atoms with E-state index in [4.69, 9.17) is 4.42 Å². The molecule has 0 amide bonds. The van der Waals surface area contributed by atoms with Gasteiger partial charge in [-0.1, -0.05) is 0 Å². The molecule has 0 saturated carbocycles. The molecule has 1 aromatic heterocycles. The van der Waals surface area contributed by atoms with Gasteiger partial charge in [-0.3, -0.25) is 0 Å². The minimum absolute atomic E-state index is 1.03. The second kappa shape index (κ2) is 3.61. The summed E-state index contributed by atoms with van der Waals surface area (Å²) in [5.41, 5.74) is 1.03. The first kappa shape index (κ1) is 10.1. The van der Waals surface area contributed by atoms with Crippen LogP contribution in [0.25, 0.3) is 11.0 Å². The predicted octanol–water partition coefficient (Wildman–Crippen LogP) is 3.85. The van der Waals surface area contributed by atoms with E-state index >= 15 is 0 Å². The summed E-state index contributed by atoms with van der Waals surface area (Å²) in [6.45, 7) is 0. The first-order valence-electron chi connectivity index (χ1n) is 5.02. The molecule has 2 rings (SSSR count). The van der Waals surface area contributed by atoms with Gasteiger partial charge in [0.05, 0.1) is 0 Å². The van der Waals surface area contributed by atoms with Gasteiger partial charge in [0.25, 0.3) is 0 Å². The van der Waals surface area contributed by atoms with Crippen molar-refractivity contribution in [3.8, 4) is 0 Å². The molecule has 1 nitrogen and oxygen atoms in total. The van der Waals surface area contributed by atoms with Crippen LogP contribution in [0.2, 0.25) is 14.8 Å². The van der Waals surface area contributed by atoms with Gasteiger partial charge in [0.2, 0.25) is 0 Å². The third-order valence-electron chi connectivity index (χ3n) is 2.18. The summed E-state index contributed by atoms with van der Waals surface area (Å²) in [6.07, 6.45) is 0. The van der Waals surface area contributed by atoms with Gasteiger partial charge in [-0.05, 0) is 0 Å². The Morgan fingerprint density at radius 2 is 1.86 bits per heavy atom. The molecule has 74 valence electrons. The van der Waals surface area contributed by atoms with E-state index in [2.05, 4.69) is 33.0 Å². The summed E-state index contributed by atoms with van der Waals surface area (Å²) in [4.78, 5) is 7.30. The maximum absolute atomic E-state index is 5.80. The Bertz CT molecular complexity index is 404. The van der Waals surface area contributed by atoms with E-state index in [0.717, 1.165) is 5.58 Å². The van der Waals surface area contributed by atoms with Crippen LogP contribution < -0.4 is 0 Å². The van der Waals surface area contributed by atoms with Crippen molar-refractivity contribution in [2.24, 2.45) is 0 Å². The van der Waals surface area contributed by atoms with Crippen molar-refractivity contribution >= 4 is 29.3 Å². The summed E-state index contributed by atoms with van der Waals surface area (Å²) >= 11 is -1.74. The van der Waals surface area contributed by atoms with Crippen LogP contribution in [0.3, 0.4) is 0 Å². The fraction of sp³-hybridized carbons (Fsp3) is 0.333. The third kappa shape index (κ3) is 2.32. The zero-order valence-electron chi connectivity index (χ0n) is 9.00. The van der Waals surface area contributed by atoms with Gasteiger partial charge in [0.1, 0.15) is 0 Å². The molecule has 1 aromatic carbocycles. The maximum atomic E-state index is 5.80. The van der Waals surface area contributed by atoms with Crippen molar-refractivity contribution in [3.05, 3.63) is 36.1 Å². The molecule has 0 fully saturated rings. The van der Waals surface area contributed by atoms with E-state index in [1.54, 1.807) is 0 Å². The molecule has 1 heterocycles. The first-order chi connectivity index (χ1) is 6.54. The van der Waals surface area contributed by atoms with Crippen molar-refractivity contribution in [1.82, 2.24) is 0 Å². The Morgan fingerprint density at radius 1 is 1.14 bits per heavy atom. The van der Waals surface area contributed by atoms with Crippen LogP contribution in [0.15, 0.2) is 34.7 Å². The molecular weight excluding hydrogens is 279 g/mol. The first-order valence-corrected chi connectivity index (χ1v) is 15.6. The Kier molecular flexibility index (Phi) is 2.60. The van der Waals surface area contributed by atoms with Crippen LogP contribution in [0.1, 0.15) is 5.76 Å². The van der Waals surface area contributed by atoms with Crippen LogP contribution in [-0.2, 0) is 4.44 Å². The second-order valence-corrected chi connectivity index (χ2v) is 20.6. The predicted molar refractivity (Wildman–Crippen MR) is 63.3 cm³/mol. The number of benzene rings is 1. The van der Waals surface area contributed by atoms with E-state index in [0.29, 0.717) is 0 Å². The van der Waals surface area contributed by atoms with Gasteiger partial charge in [-0.25, -0.2) is 0 Å². The molecule has 0 aliphatic rings. The van der Waals surface area contributed by atoms with Gasteiger partial charge in [-0.15, -0.1) is 0 Å². The average molecular weight is 295 g/mol. The second-order valence-electron chi connectivity index (χ2n) is 4.99. The Hall–Kier alpha value is -0.441. The minimum atomic E-state index is -1.74. The molecule has 2 aromatic rings. The number of rotatable bonds is 2. The van der Waals surface area contributed by atoms with E-state index in [9.17, 15) is 0 Å². The summed E-state index contributed by atoms with van der Waals surface area (Å²) in [5, 5.41) is 1.23. The number of para-hydroxylation sites is 1. The van der Waals surface area contributed by atoms with Gasteiger partial charge in [0, 0.05) is 0 Å². The van der Waals surface area contributed by atoms with Crippen molar-refractivity contribution in [3.63, 3.8) is 0 Å². The Morgan fingerprint density at radius 3 is 2.50 bits per heavy atom. The molecule has 0 radical (unpaired) electrons. The van der Waals surface area contributed by atoms with Crippen LogP contribution in [0, 0.1) is 0 Å². The van der Waals surface area contributed by atoms with Crippen molar-refractivity contribution in [2.45, 2.75) is 19.3 Å². The molecule has 0 aliphatic carbocycles. The van der Waals surface area contributed by atoms with E-state index in [1.807, 2.05) is 12.1 Å². The Labute approximate surface area is 89.0 Å². The van der Waals surface area contributed by atoms with Crippen molar-refractivity contribution in [1.29, 1.82) is 0 Å². The van der Waals surface area contributed by atoms with Gasteiger partial charge in [-0.2, -0.15) is 0 Å². The third-order valence-corrected chi connectivity index (χ3v) is 6.20. The zero-order valence-corrected chi connectivity index (χ0v) is 11.9. The number of fused-ring (bicyclic) bond motifs is 1. The summed E-state index contributed by atoms with van der Waals surface area (Å²) in [5.74, 6) is 1.18. The van der Waals surface area contributed by atoms with Crippen LogP contribution in [0.4, 0.5) is 0 Å². The normalized spacial score (nSPS) is 12.2. The van der Waals surface area contributed by atoms with Gasteiger partial charge >= 0.3 is 89.1 Å². The Balaban J connectivity index is 2.36. The van der Waals surface area contributed by atoms with Crippen molar-refractivity contribution in [2.75, 3.05) is 0 Å². The molecule has 0 unspecified atom stereocenters. The summed E-state index contributed by atoms with van der Waals surface area (Å²) < 4.78 is 6.99. The number of hydrogen-bond donors (Lipinski definition) is 0. The number of hydrogen-bond acceptors (Lipinski definition) is 1. The average Bonchev–Trinajstić information content (AvgIpc) is 2.42. The molecule has 0 spiro atoms. The van der Waals surface area contributed by atoms with Crippen LogP contribution >= 0.6 is 0 Å². The van der Waals surface area contributed by atoms with Crippen LogP contribution in [-0.4, -0.2) is 18.4 Å². The quantitative estimate of drug-likeness (QED) is 0.767. The molecule has 0 saturated heterocycles. The molecular formula is C12H16OSn. The van der Waals surface area contributed by atoms with Gasteiger partial charge in [0.15, 0.2) is 0 Å². The fourth-order valence-electron chi connectivity index (χ4n) is 1.65. The molecule has 14 heavy (non-hydrogen) atoms. The SMILES string of the molecule is [CH3][Sn]([CH3])([CH3])[CH2]c1cc2ccccc2o1. The molecule has 0 bridgehead atoms. The monoisotopic (exact) mass is 296 g/mol. The van der Waals surface area contributed by atoms with E-state index in [-0.39, 0.29) is 0 Å². The summed E-state index contributed by atoms with van der Waals surface area (Å²) in [6, 6.07) is 10.4. The zero-order chi connectivity index (χ0) is 10.2. The van der Waals surface area contributed by atoms with Gasteiger partial charge < -0.3 is 0 Å². The summed E-state index contributed by atoms with van der Waals surface area (Å²) in [7, 11) is 0. The van der Waals surface area contributed by atoms with Crippen LogP contribution in [0.5, 0.6) is 0 Å².